The van der Waals surface area contributed by atoms with E-state index in [0.717, 1.165) is 31.2 Å². The molecule has 1 aliphatic heterocycles. The molecule has 0 unspecified atom stereocenters. The van der Waals surface area contributed by atoms with Crippen molar-refractivity contribution in [1.82, 2.24) is 15.3 Å². The van der Waals surface area contributed by atoms with E-state index in [0.29, 0.717) is 12.0 Å². The Morgan fingerprint density at radius 1 is 1.11 bits per heavy atom. The Morgan fingerprint density at radius 2 is 1.79 bits per heavy atom. The summed E-state index contributed by atoms with van der Waals surface area (Å²) in [6, 6.07) is 8.88. The van der Waals surface area contributed by atoms with Crippen LogP contribution in [0.4, 0.5) is 0 Å². The SMILES string of the molecule is CN1CCN(NC2CC(c3ccccc3Cl)C2)CC1. The van der Waals surface area contributed by atoms with Gasteiger partial charge in [-0.2, -0.15) is 0 Å². The maximum absolute atomic E-state index is 6.25. The Labute approximate surface area is 120 Å². The minimum absolute atomic E-state index is 0.629. The van der Waals surface area contributed by atoms with Gasteiger partial charge in [0.2, 0.25) is 0 Å². The van der Waals surface area contributed by atoms with Crippen molar-refractivity contribution in [1.29, 1.82) is 0 Å². The standard InChI is InChI=1S/C15H22ClN3/c1-18-6-8-19(9-7-18)17-13-10-12(11-13)14-4-2-3-5-15(14)16/h2-5,12-13,17H,6-11H2,1H3. The lowest BCUT2D eigenvalue weighted by atomic mass is 9.76. The van der Waals surface area contributed by atoms with Crippen LogP contribution in [0.25, 0.3) is 0 Å². The van der Waals surface area contributed by atoms with E-state index in [2.05, 4.69) is 34.5 Å². The highest BCUT2D eigenvalue weighted by atomic mass is 35.5. The van der Waals surface area contributed by atoms with Crippen molar-refractivity contribution >= 4 is 11.6 Å². The van der Waals surface area contributed by atoms with Gasteiger partial charge in [0.15, 0.2) is 0 Å². The summed E-state index contributed by atoms with van der Waals surface area (Å²) in [5.74, 6) is 0.638. The minimum atomic E-state index is 0.629. The predicted octanol–water partition coefficient (Wildman–Crippen LogP) is 2.34. The molecule has 1 heterocycles. The van der Waals surface area contributed by atoms with Gasteiger partial charge in [0.25, 0.3) is 0 Å². The molecule has 1 N–H and O–H groups in total. The molecule has 19 heavy (non-hydrogen) atoms. The zero-order valence-electron chi connectivity index (χ0n) is 11.5. The van der Waals surface area contributed by atoms with Crippen LogP contribution < -0.4 is 5.43 Å². The zero-order valence-corrected chi connectivity index (χ0v) is 12.2. The lowest BCUT2D eigenvalue weighted by Gasteiger charge is -2.42. The van der Waals surface area contributed by atoms with Gasteiger partial charge in [0.1, 0.15) is 0 Å². The predicted molar refractivity (Wildman–Crippen MR) is 79.4 cm³/mol. The van der Waals surface area contributed by atoms with Crippen LogP contribution in [0.15, 0.2) is 24.3 Å². The first kappa shape index (κ1) is 13.4. The fourth-order valence-electron chi connectivity index (χ4n) is 2.98. The number of nitrogens with one attached hydrogen (secondary N) is 1. The first-order valence-corrected chi connectivity index (χ1v) is 7.54. The van der Waals surface area contributed by atoms with E-state index < -0.39 is 0 Å². The molecule has 2 fully saturated rings. The van der Waals surface area contributed by atoms with Crippen LogP contribution in [0.2, 0.25) is 5.02 Å². The molecule has 0 radical (unpaired) electrons. The highest BCUT2D eigenvalue weighted by Crippen LogP contribution is 2.39. The number of benzene rings is 1. The summed E-state index contributed by atoms with van der Waals surface area (Å²) in [6.45, 7) is 4.58. The topological polar surface area (TPSA) is 18.5 Å². The molecule has 1 saturated heterocycles. The summed E-state index contributed by atoms with van der Waals surface area (Å²) in [5, 5.41) is 3.30. The molecule has 3 rings (SSSR count). The van der Waals surface area contributed by atoms with Gasteiger partial charge in [0, 0.05) is 37.2 Å². The molecule has 104 valence electrons. The first-order valence-electron chi connectivity index (χ1n) is 7.16. The number of hydrazine groups is 1. The molecular weight excluding hydrogens is 258 g/mol. The van der Waals surface area contributed by atoms with E-state index >= 15 is 0 Å². The van der Waals surface area contributed by atoms with Gasteiger partial charge in [-0.3, -0.25) is 5.43 Å². The van der Waals surface area contributed by atoms with Gasteiger partial charge in [-0.15, -0.1) is 0 Å². The van der Waals surface area contributed by atoms with E-state index in [9.17, 15) is 0 Å². The average molecular weight is 280 g/mol. The normalized spacial score (nSPS) is 29.2. The summed E-state index contributed by atoms with van der Waals surface area (Å²) in [7, 11) is 2.19. The zero-order chi connectivity index (χ0) is 13.2. The van der Waals surface area contributed by atoms with E-state index in [1.54, 1.807) is 0 Å². The highest BCUT2D eigenvalue weighted by molar-refractivity contribution is 6.31. The number of nitrogens with zero attached hydrogens (tertiary/aromatic N) is 2. The maximum atomic E-state index is 6.25. The third-order valence-electron chi connectivity index (χ3n) is 4.35. The van der Waals surface area contributed by atoms with Gasteiger partial charge in [-0.1, -0.05) is 29.8 Å². The molecule has 1 saturated carbocycles. The molecule has 0 spiro atoms. The van der Waals surface area contributed by atoms with Crippen molar-refractivity contribution in [3.8, 4) is 0 Å². The van der Waals surface area contributed by atoms with Gasteiger partial charge in [-0.25, -0.2) is 5.01 Å². The Morgan fingerprint density at radius 3 is 2.47 bits per heavy atom. The maximum Gasteiger partial charge on any atom is 0.0440 e. The summed E-state index contributed by atoms with van der Waals surface area (Å²) in [6.07, 6.45) is 2.41. The summed E-state index contributed by atoms with van der Waals surface area (Å²) >= 11 is 6.25. The van der Waals surface area contributed by atoms with Crippen molar-refractivity contribution in [3.63, 3.8) is 0 Å². The molecule has 1 aromatic carbocycles. The number of likely N-dealkylation sites (N-methyl/N-ethyl adjacent to an activating group) is 1. The van der Waals surface area contributed by atoms with Crippen LogP contribution in [0.1, 0.15) is 24.3 Å². The Hall–Kier alpha value is -0.610. The van der Waals surface area contributed by atoms with Crippen molar-refractivity contribution in [2.75, 3.05) is 33.2 Å². The fourth-order valence-corrected chi connectivity index (χ4v) is 3.27. The molecule has 0 atom stereocenters. The van der Waals surface area contributed by atoms with E-state index in [1.165, 1.54) is 18.4 Å². The number of halogens is 1. The molecule has 0 aromatic heterocycles. The number of hydrogen-bond donors (Lipinski definition) is 1. The first-order chi connectivity index (χ1) is 9.22. The van der Waals surface area contributed by atoms with Crippen molar-refractivity contribution in [2.45, 2.75) is 24.8 Å². The second-order valence-electron chi connectivity index (χ2n) is 5.81. The Balaban J connectivity index is 1.47. The molecule has 3 nitrogen and oxygen atoms in total. The van der Waals surface area contributed by atoms with Gasteiger partial charge < -0.3 is 4.90 Å². The smallest absolute Gasteiger partial charge is 0.0440 e. The van der Waals surface area contributed by atoms with Gasteiger partial charge in [0.05, 0.1) is 0 Å². The van der Waals surface area contributed by atoms with E-state index in [-0.39, 0.29) is 0 Å². The molecule has 1 aliphatic carbocycles. The minimum Gasteiger partial charge on any atom is -0.304 e. The molecular formula is C15H22ClN3. The third kappa shape index (κ3) is 3.11. The average Bonchev–Trinajstić information content (AvgIpc) is 2.37. The highest BCUT2D eigenvalue weighted by Gasteiger charge is 2.32. The third-order valence-corrected chi connectivity index (χ3v) is 4.70. The molecule has 4 heteroatoms. The number of rotatable bonds is 3. The molecule has 0 amide bonds. The van der Waals surface area contributed by atoms with Gasteiger partial charge in [-0.05, 0) is 37.4 Å². The summed E-state index contributed by atoms with van der Waals surface area (Å²) < 4.78 is 0. The Bertz CT molecular complexity index is 423. The largest absolute Gasteiger partial charge is 0.304 e. The van der Waals surface area contributed by atoms with E-state index in [4.69, 9.17) is 11.6 Å². The molecule has 2 aliphatic rings. The summed E-state index contributed by atoms with van der Waals surface area (Å²) in [4.78, 5) is 2.38. The lowest BCUT2D eigenvalue weighted by Crippen LogP contribution is -2.56. The van der Waals surface area contributed by atoms with Crippen LogP contribution in [-0.2, 0) is 0 Å². The van der Waals surface area contributed by atoms with Crippen LogP contribution in [-0.4, -0.2) is 49.2 Å². The molecule has 0 bridgehead atoms. The fraction of sp³-hybridized carbons (Fsp3) is 0.600. The van der Waals surface area contributed by atoms with Gasteiger partial charge >= 0.3 is 0 Å². The van der Waals surface area contributed by atoms with Crippen molar-refractivity contribution in [3.05, 3.63) is 34.9 Å². The second-order valence-corrected chi connectivity index (χ2v) is 6.21. The lowest BCUT2D eigenvalue weighted by molar-refractivity contribution is 0.0628. The number of hydrogen-bond acceptors (Lipinski definition) is 3. The summed E-state index contributed by atoms with van der Waals surface area (Å²) in [5.41, 5.74) is 4.98. The second kappa shape index (κ2) is 5.80. The van der Waals surface area contributed by atoms with E-state index in [1.807, 2.05) is 12.1 Å². The quantitative estimate of drug-likeness (QED) is 0.916. The van der Waals surface area contributed by atoms with Crippen molar-refractivity contribution < 1.29 is 0 Å². The molecule has 1 aromatic rings. The van der Waals surface area contributed by atoms with Crippen LogP contribution in [0.5, 0.6) is 0 Å². The monoisotopic (exact) mass is 279 g/mol. The van der Waals surface area contributed by atoms with Crippen molar-refractivity contribution in [2.24, 2.45) is 0 Å². The van der Waals surface area contributed by atoms with Crippen LogP contribution in [0.3, 0.4) is 0 Å². The van der Waals surface area contributed by atoms with Crippen LogP contribution >= 0.6 is 11.6 Å². The van der Waals surface area contributed by atoms with Crippen LogP contribution in [0, 0.1) is 0 Å². The number of piperazine rings is 1. The Kier molecular flexibility index (Phi) is 4.08.